The molecule has 2 aliphatic rings. The van der Waals surface area contributed by atoms with Crippen LogP contribution in [0.3, 0.4) is 0 Å². The van der Waals surface area contributed by atoms with Crippen molar-refractivity contribution >= 4 is 75.8 Å². The van der Waals surface area contributed by atoms with Crippen LogP contribution < -0.4 is 31.8 Å². The second-order valence-corrected chi connectivity index (χ2v) is 10.2. The Morgan fingerprint density at radius 2 is 2.17 bits per heavy atom. The minimum atomic E-state index is -1.48. The monoisotopic (exact) mass is 609 g/mol. The number of nitrogens with two attached hydrogens (primary N) is 2. The van der Waals surface area contributed by atoms with E-state index in [0.717, 1.165) is 16.4 Å². The first kappa shape index (κ1) is 29.0. The van der Waals surface area contributed by atoms with E-state index in [2.05, 4.69) is 30.2 Å². The third-order valence-electron chi connectivity index (χ3n) is 5.91. The van der Waals surface area contributed by atoms with Gasteiger partial charge in [0.25, 0.3) is 11.8 Å². The molecule has 2 atom stereocenters. The lowest BCUT2D eigenvalue weighted by Crippen LogP contribution is -2.71. The Hall–Kier alpha value is -4.00. The quantitative estimate of drug-likeness (QED) is 0.0798. The van der Waals surface area contributed by atoms with Crippen LogP contribution >= 0.6 is 35.7 Å². The van der Waals surface area contributed by atoms with Crippen molar-refractivity contribution in [2.45, 2.75) is 18.0 Å². The van der Waals surface area contributed by atoms with Crippen molar-refractivity contribution in [2.24, 2.45) is 10.9 Å². The van der Waals surface area contributed by atoms with E-state index in [1.807, 2.05) is 10.6 Å². The number of hydrogen-bond acceptors (Lipinski definition) is 14. The van der Waals surface area contributed by atoms with Crippen LogP contribution in [0.5, 0.6) is 0 Å². The summed E-state index contributed by atoms with van der Waals surface area (Å²) in [7, 11) is 1.24. The highest BCUT2D eigenvalue weighted by Crippen LogP contribution is 2.40. The van der Waals surface area contributed by atoms with Crippen molar-refractivity contribution in [1.82, 2.24) is 29.2 Å². The van der Waals surface area contributed by atoms with Gasteiger partial charge in [-0.05, 0) is 6.07 Å². The summed E-state index contributed by atoms with van der Waals surface area (Å²) in [5, 5.41) is 25.4. The summed E-state index contributed by atoms with van der Waals surface area (Å²) in [4.78, 5) is 47.9. The predicted molar refractivity (Wildman–Crippen MR) is 145 cm³/mol. The summed E-state index contributed by atoms with van der Waals surface area (Å²) in [6, 6.07) is 2.64. The first-order valence-corrected chi connectivity index (χ1v) is 13.4. The Morgan fingerprint density at radius 3 is 2.85 bits per heavy atom. The zero-order chi connectivity index (χ0) is 27.7. The van der Waals surface area contributed by atoms with E-state index in [0.29, 0.717) is 35.9 Å². The molecule has 40 heavy (non-hydrogen) atoms. The fraction of sp³-hybridized carbons (Fsp3) is 0.333. The van der Waals surface area contributed by atoms with Gasteiger partial charge in [-0.3, -0.25) is 14.5 Å². The van der Waals surface area contributed by atoms with E-state index < -0.39 is 29.2 Å². The second-order valence-electron chi connectivity index (χ2n) is 8.34. The molecular weight excluding hydrogens is 586 g/mol. The van der Waals surface area contributed by atoms with Crippen LogP contribution in [-0.2, 0) is 25.8 Å². The lowest BCUT2D eigenvalue weighted by molar-refractivity contribution is -0.662. The number of hydrogen-bond donors (Lipinski definition) is 4. The molecule has 16 nitrogen and oxygen atoms in total. The van der Waals surface area contributed by atoms with Crippen molar-refractivity contribution in [1.29, 1.82) is 0 Å². The zero-order valence-electron chi connectivity index (χ0n) is 20.8. The Balaban J connectivity index is 0.00000370. The van der Waals surface area contributed by atoms with Crippen molar-refractivity contribution < 1.29 is 28.9 Å². The Morgan fingerprint density at radius 1 is 1.38 bits per heavy atom. The average Bonchev–Trinajstić information content (AvgIpc) is 3.54. The van der Waals surface area contributed by atoms with Crippen LogP contribution in [0.1, 0.15) is 5.82 Å². The molecule has 0 saturated carbocycles. The number of amides is 2. The summed E-state index contributed by atoms with van der Waals surface area (Å²) >= 11 is 2.19. The number of halogens is 1. The molecule has 212 valence electrons. The molecule has 5 rings (SSSR count). The summed E-state index contributed by atoms with van der Waals surface area (Å²) in [5.74, 6) is -1.95. The predicted octanol–water partition coefficient (Wildman–Crippen LogP) is -2.70. The number of nitrogens with zero attached hydrogens (tertiary/aromatic N) is 7. The van der Waals surface area contributed by atoms with Crippen LogP contribution in [-0.4, -0.2) is 84.7 Å². The van der Waals surface area contributed by atoms with E-state index in [1.165, 1.54) is 18.9 Å². The molecule has 5 heterocycles. The number of nitrogen functional groups attached to an aromatic ring is 1. The van der Waals surface area contributed by atoms with Crippen LogP contribution in [0.2, 0.25) is 0 Å². The van der Waals surface area contributed by atoms with E-state index >= 15 is 0 Å². The number of imidazole rings is 1. The molecule has 2 aliphatic heterocycles. The van der Waals surface area contributed by atoms with Gasteiger partial charge in [0.2, 0.25) is 11.5 Å². The first-order valence-electron chi connectivity index (χ1n) is 11.5. The number of β-lactam (4-membered cyclic amide) rings is 1. The van der Waals surface area contributed by atoms with Gasteiger partial charge in [-0.1, -0.05) is 14.8 Å². The summed E-state index contributed by atoms with van der Waals surface area (Å²) in [5.41, 5.74) is 11.8. The van der Waals surface area contributed by atoms with Crippen LogP contribution in [0.25, 0.3) is 5.65 Å². The van der Waals surface area contributed by atoms with E-state index in [-0.39, 0.29) is 41.3 Å². The Kier molecular flexibility index (Phi) is 8.72. The van der Waals surface area contributed by atoms with Crippen LogP contribution in [0.4, 0.5) is 10.9 Å². The van der Waals surface area contributed by atoms with Gasteiger partial charge < -0.3 is 36.8 Å². The number of carbonyl (C=O) groups is 3. The lowest BCUT2D eigenvalue weighted by atomic mass is 10.0. The highest BCUT2D eigenvalue weighted by atomic mass is 35.5. The number of carboxylic acids is 1. The smallest absolute Gasteiger partial charge is 0.307 e. The number of fused-ring (bicyclic) bond motifs is 2. The molecule has 0 aromatic carbocycles. The number of rotatable bonds is 10. The number of oxime groups is 1. The maximum absolute atomic E-state index is 13.1. The normalized spacial score (nSPS) is 18.6. The SMILES string of the molecule is CO/N=C(\C(=O)N[C@@H]1C(=O)N2C(C(=O)[O-])=C(C[n+]3ccn4nc(NCCN)ccc43)CS[C@H]12)c1nsc(N)n1.Cl. The third-order valence-corrected chi connectivity index (χ3v) is 7.79. The number of aliphatic carboxylic acids is 1. The molecule has 1 fully saturated rings. The highest BCUT2D eigenvalue weighted by Gasteiger charge is 2.53. The molecule has 0 unspecified atom stereocenters. The maximum atomic E-state index is 13.1. The van der Waals surface area contributed by atoms with E-state index in [4.69, 9.17) is 16.3 Å². The Bertz CT molecular complexity index is 1520. The van der Waals surface area contributed by atoms with Gasteiger partial charge in [-0.15, -0.1) is 24.2 Å². The molecule has 0 bridgehead atoms. The first-order chi connectivity index (χ1) is 18.8. The van der Waals surface area contributed by atoms with E-state index in [9.17, 15) is 19.5 Å². The molecule has 0 radical (unpaired) electrons. The average molecular weight is 610 g/mol. The minimum absolute atomic E-state index is 0. The maximum Gasteiger partial charge on any atom is 0.307 e. The van der Waals surface area contributed by atoms with Gasteiger partial charge in [0.15, 0.2) is 17.1 Å². The highest BCUT2D eigenvalue weighted by molar-refractivity contribution is 8.00. The molecule has 2 amide bonds. The third kappa shape index (κ3) is 5.37. The van der Waals surface area contributed by atoms with Gasteiger partial charge in [-0.25, -0.2) is 4.57 Å². The minimum Gasteiger partial charge on any atom is -0.543 e. The van der Waals surface area contributed by atoms with Gasteiger partial charge in [0.05, 0.1) is 11.7 Å². The number of thioether (sulfide) groups is 1. The van der Waals surface area contributed by atoms with Crippen molar-refractivity contribution in [3.8, 4) is 0 Å². The molecule has 19 heteroatoms. The molecular formula is C21H24ClN11O5S2. The van der Waals surface area contributed by atoms with E-state index in [1.54, 1.807) is 23.0 Å². The van der Waals surface area contributed by atoms with Crippen molar-refractivity contribution in [3.63, 3.8) is 0 Å². The number of nitrogens with one attached hydrogen (secondary N) is 2. The van der Waals surface area contributed by atoms with Crippen LogP contribution in [0, 0.1) is 0 Å². The van der Waals surface area contributed by atoms with Crippen molar-refractivity contribution in [3.05, 3.63) is 41.6 Å². The Labute approximate surface area is 241 Å². The van der Waals surface area contributed by atoms with Gasteiger partial charge >= 0.3 is 5.65 Å². The number of aromatic nitrogens is 5. The van der Waals surface area contributed by atoms with Crippen molar-refractivity contribution in [2.75, 3.05) is 37.0 Å². The molecule has 0 aliphatic carbocycles. The van der Waals surface area contributed by atoms with Gasteiger partial charge in [0, 0.05) is 42.0 Å². The molecule has 0 spiro atoms. The molecule has 3 aromatic rings. The molecule has 3 aromatic heterocycles. The summed E-state index contributed by atoms with van der Waals surface area (Å²) in [6.07, 6.45) is 3.51. The second kappa shape index (κ2) is 12.0. The standard InChI is InChI=1S/C21H23N11O5S2.ClH/c1-37-28-13(16-26-21(23)39-29-16)17(33)25-14-18(34)32-15(20(35)36)10(9-38-19(14)32)8-30-6-7-31-12(30)3-2-11(27-31)24-5-4-22;/h2-3,6-7,14,19H,4-5,8-9,22H2,1H3,(H4-,23,24,25,26,27,29,33,35,36);1H/b28-13-;/t14-,19-;/m1./s1. The number of carbonyl (C=O) groups excluding carboxylic acids is 3. The summed E-state index contributed by atoms with van der Waals surface area (Å²) < 4.78 is 7.43. The fourth-order valence-electron chi connectivity index (χ4n) is 4.23. The topological polar surface area (TPSA) is 222 Å². The number of anilines is 2. The largest absolute Gasteiger partial charge is 0.543 e. The molecule has 1 saturated heterocycles. The molecule has 6 N–H and O–H groups in total. The summed E-state index contributed by atoms with van der Waals surface area (Å²) in [6.45, 7) is 1.23. The van der Waals surface area contributed by atoms with Gasteiger partial charge in [-0.2, -0.15) is 9.36 Å². The lowest BCUT2D eigenvalue weighted by Gasteiger charge is -2.50. The fourth-order valence-corrected chi connectivity index (χ4v) is 6.00. The van der Waals surface area contributed by atoms with Gasteiger partial charge in [0.1, 0.15) is 31.3 Å². The number of carboxylic acid groups (broad SMARTS) is 1. The van der Waals surface area contributed by atoms with Crippen LogP contribution in [0.15, 0.2) is 41.0 Å². The zero-order valence-corrected chi connectivity index (χ0v) is 23.3.